The number of hydrogen-bond acceptors (Lipinski definition) is 4. The van der Waals surface area contributed by atoms with Gasteiger partial charge < -0.3 is 5.32 Å². The predicted octanol–water partition coefficient (Wildman–Crippen LogP) is 3.10. The number of anilines is 1. The first-order valence-corrected chi connectivity index (χ1v) is 7.94. The first kappa shape index (κ1) is 14.8. The Balaban J connectivity index is 1.91. The van der Waals surface area contributed by atoms with Gasteiger partial charge in [-0.05, 0) is 24.6 Å². The molecular weight excluding hydrogens is 326 g/mol. The molecule has 120 valence electrons. The van der Waals surface area contributed by atoms with Crippen LogP contribution in [-0.2, 0) is 4.79 Å². The summed E-state index contributed by atoms with van der Waals surface area (Å²) in [6.07, 6.45) is 3.61. The molecule has 0 fully saturated rings. The van der Waals surface area contributed by atoms with Crippen LogP contribution in [0.25, 0.3) is 5.95 Å². The molecule has 1 unspecified atom stereocenters. The highest BCUT2D eigenvalue weighted by Gasteiger charge is 2.33. The van der Waals surface area contributed by atoms with Gasteiger partial charge in [0.25, 0.3) is 5.95 Å². The summed E-state index contributed by atoms with van der Waals surface area (Å²) < 4.78 is 1.57. The van der Waals surface area contributed by atoms with Crippen molar-refractivity contribution in [2.45, 2.75) is 19.3 Å². The van der Waals surface area contributed by atoms with Gasteiger partial charge in [0.1, 0.15) is 5.82 Å². The van der Waals surface area contributed by atoms with Gasteiger partial charge in [-0.25, -0.2) is 9.97 Å². The zero-order chi connectivity index (χ0) is 16.7. The number of hydrogen-bond donors (Lipinski definition) is 1. The van der Waals surface area contributed by atoms with Crippen molar-refractivity contribution in [1.29, 1.82) is 0 Å². The van der Waals surface area contributed by atoms with Gasteiger partial charge in [0.2, 0.25) is 5.91 Å². The summed E-state index contributed by atoms with van der Waals surface area (Å²) in [7, 11) is 0. The number of amides is 1. The molecule has 0 radical (unpaired) electrons. The molecule has 1 amide bonds. The average Bonchev–Trinajstić information content (AvgIpc) is 2.92. The van der Waals surface area contributed by atoms with Crippen LogP contribution in [0.2, 0.25) is 5.02 Å². The Labute approximate surface area is 143 Å². The molecule has 1 atom stereocenters. The minimum absolute atomic E-state index is 0.0792. The predicted molar refractivity (Wildman–Crippen MR) is 90.4 cm³/mol. The molecule has 24 heavy (non-hydrogen) atoms. The van der Waals surface area contributed by atoms with Gasteiger partial charge in [0.15, 0.2) is 0 Å². The summed E-state index contributed by atoms with van der Waals surface area (Å²) in [6, 6.07) is 9.32. The molecule has 0 spiro atoms. The topological polar surface area (TPSA) is 72.7 Å². The van der Waals surface area contributed by atoms with Gasteiger partial charge >= 0.3 is 0 Å². The molecule has 1 aliphatic heterocycles. The van der Waals surface area contributed by atoms with Crippen molar-refractivity contribution in [2.24, 2.45) is 0 Å². The molecule has 3 aromatic rings. The third-order valence-corrected chi connectivity index (χ3v) is 4.47. The van der Waals surface area contributed by atoms with Crippen LogP contribution in [0.15, 0.2) is 42.7 Å². The molecule has 4 rings (SSSR count). The first-order chi connectivity index (χ1) is 11.6. The van der Waals surface area contributed by atoms with Crippen molar-refractivity contribution in [2.75, 3.05) is 5.32 Å². The third-order valence-electron chi connectivity index (χ3n) is 4.12. The summed E-state index contributed by atoms with van der Waals surface area (Å²) in [5.74, 6) is 0.811. The Morgan fingerprint density at radius 1 is 1.21 bits per heavy atom. The Hall–Kier alpha value is -2.73. The number of nitrogens with one attached hydrogen (secondary N) is 1. The van der Waals surface area contributed by atoms with Crippen LogP contribution in [0.5, 0.6) is 0 Å². The van der Waals surface area contributed by atoms with Crippen molar-refractivity contribution in [3.63, 3.8) is 0 Å². The molecule has 0 aliphatic carbocycles. The number of carbonyl (C=O) groups excluding carboxylic acids is 1. The number of halogens is 1. The zero-order valence-electron chi connectivity index (χ0n) is 12.9. The highest BCUT2D eigenvalue weighted by molar-refractivity contribution is 6.31. The smallest absolute Gasteiger partial charge is 0.252 e. The maximum absolute atomic E-state index is 12.3. The Kier molecular flexibility index (Phi) is 3.54. The lowest BCUT2D eigenvalue weighted by molar-refractivity contribution is -0.116. The summed E-state index contributed by atoms with van der Waals surface area (Å²) in [4.78, 5) is 20.7. The van der Waals surface area contributed by atoms with Crippen molar-refractivity contribution < 1.29 is 4.79 Å². The second-order valence-electron chi connectivity index (χ2n) is 5.63. The van der Waals surface area contributed by atoms with Crippen LogP contribution in [0, 0.1) is 6.92 Å². The lowest BCUT2D eigenvalue weighted by atomic mass is 9.86. The molecule has 3 heterocycles. The number of carbonyl (C=O) groups is 1. The van der Waals surface area contributed by atoms with Gasteiger partial charge in [0.05, 0.1) is 5.69 Å². The van der Waals surface area contributed by atoms with Crippen molar-refractivity contribution in [3.05, 3.63) is 64.6 Å². The second kappa shape index (κ2) is 5.72. The number of rotatable bonds is 2. The number of fused-ring (bicyclic) bond motifs is 1. The molecule has 1 N–H and O–H groups in total. The largest absolute Gasteiger partial charge is 0.310 e. The fourth-order valence-electron chi connectivity index (χ4n) is 3.12. The lowest BCUT2D eigenvalue weighted by Crippen LogP contribution is -2.25. The highest BCUT2D eigenvalue weighted by atomic mass is 35.5. The molecule has 0 saturated carbocycles. The normalized spacial score (nSPS) is 16.6. The minimum Gasteiger partial charge on any atom is -0.310 e. The van der Waals surface area contributed by atoms with E-state index in [1.165, 1.54) is 0 Å². The third kappa shape index (κ3) is 2.35. The quantitative estimate of drug-likeness (QED) is 0.778. The van der Waals surface area contributed by atoms with Gasteiger partial charge in [-0.15, -0.1) is 0 Å². The monoisotopic (exact) mass is 339 g/mol. The van der Waals surface area contributed by atoms with E-state index in [4.69, 9.17) is 11.6 Å². The number of aryl methyl sites for hydroxylation is 1. The Bertz CT molecular complexity index is 922. The summed E-state index contributed by atoms with van der Waals surface area (Å²) >= 11 is 6.36. The summed E-state index contributed by atoms with van der Waals surface area (Å²) in [5.41, 5.74) is 2.70. The number of aromatic nitrogens is 4. The van der Waals surface area contributed by atoms with E-state index in [2.05, 4.69) is 20.4 Å². The molecule has 6 nitrogen and oxygen atoms in total. The van der Waals surface area contributed by atoms with E-state index < -0.39 is 0 Å². The van der Waals surface area contributed by atoms with Crippen LogP contribution < -0.4 is 5.32 Å². The van der Waals surface area contributed by atoms with E-state index in [9.17, 15) is 4.79 Å². The highest BCUT2D eigenvalue weighted by Crippen LogP contribution is 2.41. The second-order valence-corrected chi connectivity index (χ2v) is 6.04. The molecule has 7 heteroatoms. The van der Waals surface area contributed by atoms with E-state index in [0.717, 1.165) is 16.8 Å². The van der Waals surface area contributed by atoms with Gasteiger partial charge in [0, 0.05) is 35.3 Å². The van der Waals surface area contributed by atoms with Gasteiger partial charge in [-0.1, -0.05) is 29.8 Å². The van der Waals surface area contributed by atoms with E-state index in [-0.39, 0.29) is 11.8 Å². The van der Waals surface area contributed by atoms with Crippen LogP contribution in [0.3, 0.4) is 0 Å². The number of nitrogens with zero attached hydrogens (tertiary/aromatic N) is 4. The molecule has 0 saturated heterocycles. The lowest BCUT2D eigenvalue weighted by Gasteiger charge is -2.24. The van der Waals surface area contributed by atoms with Crippen molar-refractivity contribution in [1.82, 2.24) is 19.7 Å². The first-order valence-electron chi connectivity index (χ1n) is 7.56. The maximum atomic E-state index is 12.3. The molecular formula is C17H14ClN5O. The van der Waals surface area contributed by atoms with Crippen LogP contribution in [-0.4, -0.2) is 25.7 Å². The molecule has 1 aromatic carbocycles. The SMILES string of the molecule is Cc1nn(-c2ncccn2)c2c1C(c1ccccc1Cl)CC(=O)N2. The average molecular weight is 340 g/mol. The minimum atomic E-state index is -0.139. The van der Waals surface area contributed by atoms with Crippen LogP contribution >= 0.6 is 11.6 Å². The summed E-state index contributed by atoms with van der Waals surface area (Å²) in [5, 5.41) is 8.09. The van der Waals surface area contributed by atoms with Gasteiger partial charge in [-0.3, -0.25) is 4.79 Å². The van der Waals surface area contributed by atoms with Crippen LogP contribution in [0.4, 0.5) is 5.82 Å². The van der Waals surface area contributed by atoms with Gasteiger partial charge in [-0.2, -0.15) is 9.78 Å². The molecule has 1 aliphatic rings. The molecule has 2 aromatic heterocycles. The summed E-state index contributed by atoms with van der Waals surface area (Å²) in [6.45, 7) is 1.92. The van der Waals surface area contributed by atoms with Crippen molar-refractivity contribution >= 4 is 23.3 Å². The number of benzene rings is 1. The van der Waals surface area contributed by atoms with E-state index in [0.29, 0.717) is 23.2 Å². The Morgan fingerprint density at radius 3 is 2.71 bits per heavy atom. The standard InChI is InChI=1S/C17H14ClN5O/c1-10-15-12(11-5-2-3-6-13(11)18)9-14(24)21-16(15)23(22-10)17-19-7-4-8-20-17/h2-8,12H,9H2,1H3,(H,21,24). The maximum Gasteiger partial charge on any atom is 0.252 e. The van der Waals surface area contributed by atoms with E-state index >= 15 is 0 Å². The van der Waals surface area contributed by atoms with Crippen LogP contribution in [0.1, 0.15) is 29.2 Å². The fourth-order valence-corrected chi connectivity index (χ4v) is 3.38. The fraction of sp³-hybridized carbons (Fsp3) is 0.176. The molecule has 0 bridgehead atoms. The van der Waals surface area contributed by atoms with E-state index in [1.807, 2.05) is 31.2 Å². The Morgan fingerprint density at radius 2 is 1.96 bits per heavy atom. The zero-order valence-corrected chi connectivity index (χ0v) is 13.7. The van der Waals surface area contributed by atoms with Crippen molar-refractivity contribution in [3.8, 4) is 5.95 Å². The van der Waals surface area contributed by atoms with E-state index in [1.54, 1.807) is 23.1 Å².